The van der Waals surface area contributed by atoms with Gasteiger partial charge in [-0.2, -0.15) is 0 Å². The van der Waals surface area contributed by atoms with Crippen LogP contribution in [0.15, 0.2) is 34.2 Å². The highest BCUT2D eigenvalue weighted by Crippen LogP contribution is 2.47. The predicted octanol–water partition coefficient (Wildman–Crippen LogP) is 2.18. The predicted molar refractivity (Wildman–Crippen MR) is 122 cm³/mol. The Hall–Kier alpha value is -0.910. The van der Waals surface area contributed by atoms with Crippen LogP contribution in [0, 0.1) is 5.41 Å². The zero-order valence-electron chi connectivity index (χ0n) is 16.6. The number of guanidine groups is 1. The first-order chi connectivity index (χ1) is 13.0. The molecule has 1 saturated heterocycles. The zero-order chi connectivity index (χ0) is 19.3. The third kappa shape index (κ3) is 5.58. The average Bonchev–Trinajstić information content (AvgIpc) is 3.09. The van der Waals surface area contributed by atoms with Crippen LogP contribution in [0.3, 0.4) is 0 Å². The summed E-state index contributed by atoms with van der Waals surface area (Å²) >= 11 is 0. The third-order valence-corrected chi connectivity index (χ3v) is 7.08. The van der Waals surface area contributed by atoms with E-state index in [4.69, 9.17) is 4.74 Å². The van der Waals surface area contributed by atoms with Gasteiger partial charge < -0.3 is 15.0 Å². The quantitative estimate of drug-likeness (QED) is 0.248. The Morgan fingerprint density at radius 3 is 2.71 bits per heavy atom. The molecule has 0 amide bonds. The van der Waals surface area contributed by atoms with Crippen molar-refractivity contribution in [3.8, 4) is 0 Å². The summed E-state index contributed by atoms with van der Waals surface area (Å²) in [5, 5.41) is 3.39. The van der Waals surface area contributed by atoms with Crippen molar-refractivity contribution in [1.82, 2.24) is 14.9 Å². The Bertz CT molecular complexity index is 781. The second-order valence-electron chi connectivity index (χ2n) is 7.46. The summed E-state index contributed by atoms with van der Waals surface area (Å²) in [6.45, 7) is 3.25. The molecular formula is C19H31IN4O3S. The van der Waals surface area contributed by atoms with E-state index in [0.717, 1.165) is 24.6 Å². The Morgan fingerprint density at radius 1 is 1.32 bits per heavy atom. The van der Waals surface area contributed by atoms with Crippen LogP contribution >= 0.6 is 24.0 Å². The molecule has 158 valence electrons. The lowest BCUT2D eigenvalue weighted by Gasteiger charge is -2.38. The van der Waals surface area contributed by atoms with Gasteiger partial charge in [0.15, 0.2) is 5.96 Å². The van der Waals surface area contributed by atoms with E-state index in [1.807, 2.05) is 6.07 Å². The van der Waals surface area contributed by atoms with E-state index in [1.54, 1.807) is 32.4 Å². The number of methoxy groups -OCH3 is 1. The normalized spacial score (nSPS) is 18.6. The molecule has 2 aliphatic rings. The number of hydrogen-bond donors (Lipinski definition) is 2. The zero-order valence-corrected chi connectivity index (χ0v) is 19.8. The van der Waals surface area contributed by atoms with Gasteiger partial charge in [0.05, 0.1) is 11.5 Å². The van der Waals surface area contributed by atoms with Gasteiger partial charge in [0.25, 0.3) is 0 Å². The lowest BCUT2D eigenvalue weighted by atomic mass is 9.68. The molecule has 0 unspecified atom stereocenters. The van der Waals surface area contributed by atoms with Crippen LogP contribution in [0.25, 0.3) is 0 Å². The number of benzene rings is 1. The van der Waals surface area contributed by atoms with E-state index >= 15 is 0 Å². The van der Waals surface area contributed by atoms with Gasteiger partial charge in [-0.05, 0) is 42.4 Å². The summed E-state index contributed by atoms with van der Waals surface area (Å²) in [4.78, 5) is 7.01. The van der Waals surface area contributed by atoms with Gasteiger partial charge in [0.2, 0.25) is 10.0 Å². The molecule has 2 N–H and O–H groups in total. The second-order valence-corrected chi connectivity index (χ2v) is 9.23. The monoisotopic (exact) mass is 522 g/mol. The van der Waals surface area contributed by atoms with Crippen molar-refractivity contribution in [2.75, 3.05) is 40.4 Å². The summed E-state index contributed by atoms with van der Waals surface area (Å²) in [6, 6.07) is 7.00. The summed E-state index contributed by atoms with van der Waals surface area (Å²) < 4.78 is 32.1. The number of sulfonamides is 1. The van der Waals surface area contributed by atoms with Gasteiger partial charge >= 0.3 is 0 Å². The standard InChI is InChI=1S/C19H30N4O3S.HI/c1-20-18(23-11-9-19(15-23)7-4-8-19)21-14-16-5-3-6-17(13-16)27(24,25)22-10-12-26-2;/h3,5-6,13,22H,4,7-12,14-15H2,1-2H3,(H,20,21);1H. The molecule has 3 rings (SSSR count). The fourth-order valence-electron chi connectivity index (χ4n) is 3.90. The largest absolute Gasteiger partial charge is 0.383 e. The van der Waals surface area contributed by atoms with Crippen molar-refractivity contribution < 1.29 is 13.2 Å². The number of aliphatic imine (C=N–C) groups is 1. The maximum absolute atomic E-state index is 12.4. The number of ether oxygens (including phenoxy) is 1. The van der Waals surface area contributed by atoms with Crippen LogP contribution in [0.1, 0.15) is 31.2 Å². The molecule has 2 fully saturated rings. The maximum atomic E-state index is 12.4. The number of rotatable bonds is 7. The fourth-order valence-corrected chi connectivity index (χ4v) is 4.98. The molecule has 7 nitrogen and oxygen atoms in total. The number of halogens is 1. The minimum Gasteiger partial charge on any atom is -0.383 e. The number of likely N-dealkylation sites (tertiary alicyclic amines) is 1. The van der Waals surface area contributed by atoms with Crippen LogP contribution in [0.5, 0.6) is 0 Å². The topological polar surface area (TPSA) is 83.0 Å². The molecule has 28 heavy (non-hydrogen) atoms. The van der Waals surface area contributed by atoms with Gasteiger partial charge in [-0.3, -0.25) is 4.99 Å². The molecule has 1 saturated carbocycles. The van der Waals surface area contributed by atoms with E-state index in [-0.39, 0.29) is 35.4 Å². The number of nitrogens with one attached hydrogen (secondary N) is 2. The first-order valence-electron chi connectivity index (χ1n) is 9.51. The second kappa shape index (κ2) is 10.2. The van der Waals surface area contributed by atoms with Gasteiger partial charge in [-0.25, -0.2) is 13.1 Å². The molecule has 1 aromatic rings. The number of hydrogen-bond acceptors (Lipinski definition) is 4. The summed E-state index contributed by atoms with van der Waals surface area (Å²) in [7, 11) is -0.182. The molecular weight excluding hydrogens is 491 g/mol. The molecule has 1 aliphatic carbocycles. The Morgan fingerprint density at radius 2 is 2.11 bits per heavy atom. The molecule has 1 aliphatic heterocycles. The lowest BCUT2D eigenvalue weighted by Crippen LogP contribution is -2.42. The molecule has 0 atom stereocenters. The van der Waals surface area contributed by atoms with Gasteiger partial charge in [-0.15, -0.1) is 24.0 Å². The first-order valence-corrected chi connectivity index (χ1v) is 11.0. The van der Waals surface area contributed by atoms with Crippen molar-refractivity contribution in [3.63, 3.8) is 0 Å². The summed E-state index contributed by atoms with van der Waals surface area (Å²) in [6.07, 6.45) is 5.25. The Kier molecular flexibility index (Phi) is 8.53. The van der Waals surface area contributed by atoms with Crippen LogP contribution in [-0.2, 0) is 21.3 Å². The van der Waals surface area contributed by atoms with Crippen molar-refractivity contribution in [2.24, 2.45) is 10.4 Å². The minimum absolute atomic E-state index is 0. The van der Waals surface area contributed by atoms with Crippen LogP contribution in [-0.4, -0.2) is 59.7 Å². The van der Waals surface area contributed by atoms with E-state index < -0.39 is 10.0 Å². The van der Waals surface area contributed by atoms with Crippen molar-refractivity contribution >= 4 is 40.0 Å². The third-order valence-electron chi connectivity index (χ3n) is 5.62. The van der Waals surface area contributed by atoms with E-state index in [1.165, 1.54) is 25.7 Å². The highest BCUT2D eigenvalue weighted by atomic mass is 127. The van der Waals surface area contributed by atoms with Gasteiger partial charge in [0, 0.05) is 40.3 Å². The van der Waals surface area contributed by atoms with Gasteiger partial charge in [-0.1, -0.05) is 18.6 Å². The minimum atomic E-state index is -3.52. The Labute approximate surface area is 185 Å². The molecule has 1 aromatic carbocycles. The summed E-state index contributed by atoms with van der Waals surface area (Å²) in [5.41, 5.74) is 1.42. The maximum Gasteiger partial charge on any atom is 0.240 e. The fraction of sp³-hybridized carbons (Fsp3) is 0.632. The van der Waals surface area contributed by atoms with Crippen LogP contribution in [0.4, 0.5) is 0 Å². The van der Waals surface area contributed by atoms with Crippen molar-refractivity contribution in [1.29, 1.82) is 0 Å². The first kappa shape index (κ1) is 23.4. The van der Waals surface area contributed by atoms with E-state index in [9.17, 15) is 8.42 Å². The highest BCUT2D eigenvalue weighted by Gasteiger charge is 2.43. The average molecular weight is 522 g/mol. The molecule has 0 bridgehead atoms. The van der Waals surface area contributed by atoms with E-state index in [2.05, 4.69) is 19.9 Å². The molecule has 0 aromatic heterocycles. The SMILES string of the molecule is CN=C(NCc1cccc(S(=O)(=O)NCCOC)c1)N1CCC2(CCC2)C1.I. The van der Waals surface area contributed by atoms with Gasteiger partial charge in [0.1, 0.15) is 0 Å². The smallest absolute Gasteiger partial charge is 0.240 e. The number of nitrogens with zero attached hydrogens (tertiary/aromatic N) is 2. The van der Waals surface area contributed by atoms with Crippen molar-refractivity contribution in [3.05, 3.63) is 29.8 Å². The molecule has 9 heteroatoms. The highest BCUT2D eigenvalue weighted by molar-refractivity contribution is 14.0. The van der Waals surface area contributed by atoms with Crippen molar-refractivity contribution in [2.45, 2.75) is 37.1 Å². The molecule has 1 heterocycles. The van der Waals surface area contributed by atoms with Crippen LogP contribution in [0.2, 0.25) is 0 Å². The van der Waals surface area contributed by atoms with Crippen LogP contribution < -0.4 is 10.0 Å². The molecule has 1 spiro atoms. The molecule has 0 radical (unpaired) electrons. The summed E-state index contributed by atoms with van der Waals surface area (Å²) in [5.74, 6) is 0.894. The van der Waals surface area contributed by atoms with E-state index in [0.29, 0.717) is 18.6 Å². The Balaban J connectivity index is 0.00000280. The lowest BCUT2D eigenvalue weighted by molar-refractivity contribution is 0.151.